The van der Waals surface area contributed by atoms with Gasteiger partial charge in [-0.05, 0) is 27.7 Å². The predicted octanol–water partition coefficient (Wildman–Crippen LogP) is 1.56. The highest BCUT2D eigenvalue weighted by Crippen LogP contribution is 2.14. The zero-order chi connectivity index (χ0) is 15.0. The molecule has 20 heavy (non-hydrogen) atoms. The number of nitrogens with one attached hydrogen (secondary N) is 1. The van der Waals surface area contributed by atoms with Gasteiger partial charge in [0.15, 0.2) is 0 Å². The van der Waals surface area contributed by atoms with E-state index in [-0.39, 0.29) is 6.10 Å². The van der Waals surface area contributed by atoms with E-state index in [1.807, 2.05) is 39.6 Å². The van der Waals surface area contributed by atoms with Crippen LogP contribution < -0.4 is 15.0 Å². The van der Waals surface area contributed by atoms with E-state index in [1.54, 1.807) is 0 Å². The zero-order valence-electron chi connectivity index (χ0n) is 13.0. The zero-order valence-corrected chi connectivity index (χ0v) is 13.0. The van der Waals surface area contributed by atoms with Crippen molar-refractivity contribution >= 4 is 11.9 Å². The van der Waals surface area contributed by atoms with E-state index in [9.17, 15) is 0 Å². The van der Waals surface area contributed by atoms with Gasteiger partial charge in [0.25, 0.3) is 0 Å². The van der Waals surface area contributed by atoms with Crippen molar-refractivity contribution in [1.29, 1.82) is 0 Å². The third kappa shape index (κ3) is 5.56. The SMILES string of the molecule is CCNc1nc(OC(C)C)nc(N(C)CCOCC)n1. The fourth-order valence-electron chi connectivity index (χ4n) is 1.46. The molecule has 114 valence electrons. The monoisotopic (exact) mass is 283 g/mol. The van der Waals surface area contributed by atoms with Crippen LogP contribution in [-0.2, 0) is 4.74 Å². The number of rotatable bonds is 9. The average molecular weight is 283 g/mol. The Labute approximate surface area is 120 Å². The van der Waals surface area contributed by atoms with Crippen molar-refractivity contribution in [1.82, 2.24) is 15.0 Å². The van der Waals surface area contributed by atoms with E-state index in [0.29, 0.717) is 37.7 Å². The van der Waals surface area contributed by atoms with Gasteiger partial charge in [0.05, 0.1) is 12.7 Å². The van der Waals surface area contributed by atoms with Crippen LogP contribution in [0.25, 0.3) is 0 Å². The molecule has 1 N–H and O–H groups in total. The minimum atomic E-state index is 0.0217. The van der Waals surface area contributed by atoms with Gasteiger partial charge in [-0.15, -0.1) is 0 Å². The standard InChI is InChI=1S/C13H25N5O2/c1-6-14-11-15-12(18(5)8-9-19-7-2)17-13(16-11)20-10(3)4/h10H,6-9H2,1-5H3,(H,14,15,16,17). The van der Waals surface area contributed by atoms with E-state index in [4.69, 9.17) is 9.47 Å². The summed E-state index contributed by atoms with van der Waals surface area (Å²) in [6, 6.07) is 0.337. The van der Waals surface area contributed by atoms with Crippen LogP contribution in [0, 0.1) is 0 Å². The Bertz CT molecular complexity index is 400. The Hall–Kier alpha value is -1.63. The summed E-state index contributed by atoms with van der Waals surface area (Å²) < 4.78 is 10.9. The Morgan fingerprint density at radius 1 is 1.20 bits per heavy atom. The van der Waals surface area contributed by atoms with E-state index in [1.165, 1.54) is 0 Å². The van der Waals surface area contributed by atoms with Crippen molar-refractivity contribution in [2.45, 2.75) is 33.8 Å². The summed E-state index contributed by atoms with van der Waals surface area (Å²) in [7, 11) is 1.92. The van der Waals surface area contributed by atoms with E-state index < -0.39 is 0 Å². The topological polar surface area (TPSA) is 72.4 Å². The predicted molar refractivity (Wildman–Crippen MR) is 79.5 cm³/mol. The lowest BCUT2D eigenvalue weighted by atomic mass is 10.5. The molecule has 0 aliphatic rings. The van der Waals surface area contributed by atoms with Gasteiger partial charge in [0.2, 0.25) is 11.9 Å². The summed E-state index contributed by atoms with van der Waals surface area (Å²) in [5.41, 5.74) is 0. The number of nitrogens with zero attached hydrogens (tertiary/aromatic N) is 4. The molecule has 1 aromatic rings. The first-order valence-corrected chi connectivity index (χ1v) is 7.02. The summed E-state index contributed by atoms with van der Waals surface area (Å²) in [6.07, 6.45) is 0.0217. The number of ether oxygens (including phenoxy) is 2. The number of aromatic nitrogens is 3. The summed E-state index contributed by atoms with van der Waals surface area (Å²) in [5.74, 6) is 1.10. The van der Waals surface area contributed by atoms with E-state index >= 15 is 0 Å². The lowest BCUT2D eigenvalue weighted by Crippen LogP contribution is -2.25. The van der Waals surface area contributed by atoms with Gasteiger partial charge >= 0.3 is 6.01 Å². The average Bonchev–Trinajstić information content (AvgIpc) is 2.38. The van der Waals surface area contributed by atoms with Crippen molar-refractivity contribution in [3.8, 4) is 6.01 Å². The molecular weight excluding hydrogens is 258 g/mol. The van der Waals surface area contributed by atoms with Crippen LogP contribution in [0.4, 0.5) is 11.9 Å². The molecular formula is C13H25N5O2. The van der Waals surface area contributed by atoms with Crippen LogP contribution in [0.1, 0.15) is 27.7 Å². The Kier molecular flexibility index (Phi) is 7.00. The van der Waals surface area contributed by atoms with Crippen LogP contribution >= 0.6 is 0 Å². The number of likely N-dealkylation sites (N-methyl/N-ethyl adjacent to an activating group) is 1. The van der Waals surface area contributed by atoms with Gasteiger partial charge in [-0.25, -0.2) is 0 Å². The van der Waals surface area contributed by atoms with Crippen LogP contribution in [0.15, 0.2) is 0 Å². The Morgan fingerprint density at radius 3 is 2.55 bits per heavy atom. The second kappa shape index (κ2) is 8.52. The maximum absolute atomic E-state index is 5.56. The fourth-order valence-corrected chi connectivity index (χ4v) is 1.46. The van der Waals surface area contributed by atoms with Gasteiger partial charge in [-0.1, -0.05) is 0 Å². The highest BCUT2D eigenvalue weighted by atomic mass is 16.5. The lowest BCUT2D eigenvalue weighted by molar-refractivity contribution is 0.154. The normalized spacial score (nSPS) is 10.7. The van der Waals surface area contributed by atoms with E-state index in [0.717, 1.165) is 6.54 Å². The number of hydrogen-bond donors (Lipinski definition) is 1. The molecule has 0 aliphatic carbocycles. The number of hydrogen-bond acceptors (Lipinski definition) is 7. The molecule has 1 heterocycles. The molecule has 0 bridgehead atoms. The summed E-state index contributed by atoms with van der Waals surface area (Å²) in [5, 5.41) is 3.08. The molecule has 0 radical (unpaired) electrons. The van der Waals surface area contributed by atoms with Crippen molar-refractivity contribution in [2.24, 2.45) is 0 Å². The number of anilines is 2. The molecule has 0 atom stereocenters. The van der Waals surface area contributed by atoms with Crippen LogP contribution in [0.3, 0.4) is 0 Å². The van der Waals surface area contributed by atoms with Crippen molar-refractivity contribution < 1.29 is 9.47 Å². The summed E-state index contributed by atoms with van der Waals surface area (Å²) in [4.78, 5) is 14.8. The Balaban J connectivity index is 2.83. The van der Waals surface area contributed by atoms with Crippen LogP contribution in [-0.4, -0.2) is 54.4 Å². The minimum Gasteiger partial charge on any atom is -0.461 e. The molecule has 0 aliphatic heterocycles. The van der Waals surface area contributed by atoms with Crippen molar-refractivity contribution in [2.75, 3.05) is 43.6 Å². The van der Waals surface area contributed by atoms with Gasteiger partial charge in [0, 0.05) is 26.7 Å². The molecule has 0 unspecified atom stereocenters. The maximum Gasteiger partial charge on any atom is 0.323 e. The van der Waals surface area contributed by atoms with Gasteiger partial charge in [0.1, 0.15) is 0 Å². The first kappa shape index (κ1) is 16.4. The van der Waals surface area contributed by atoms with Gasteiger partial charge in [-0.3, -0.25) is 0 Å². The van der Waals surface area contributed by atoms with E-state index in [2.05, 4.69) is 20.3 Å². The van der Waals surface area contributed by atoms with Gasteiger partial charge < -0.3 is 19.7 Å². The largest absolute Gasteiger partial charge is 0.461 e. The van der Waals surface area contributed by atoms with Crippen molar-refractivity contribution in [3.63, 3.8) is 0 Å². The molecule has 0 aromatic carbocycles. The molecule has 0 saturated carbocycles. The highest BCUT2D eigenvalue weighted by Gasteiger charge is 2.12. The summed E-state index contributed by atoms with van der Waals surface area (Å²) >= 11 is 0. The molecule has 7 nitrogen and oxygen atoms in total. The molecule has 7 heteroatoms. The smallest absolute Gasteiger partial charge is 0.323 e. The molecule has 1 rings (SSSR count). The molecule has 0 fully saturated rings. The first-order valence-electron chi connectivity index (χ1n) is 7.02. The highest BCUT2D eigenvalue weighted by molar-refractivity contribution is 5.37. The van der Waals surface area contributed by atoms with Crippen molar-refractivity contribution in [3.05, 3.63) is 0 Å². The van der Waals surface area contributed by atoms with Crippen LogP contribution in [0.2, 0.25) is 0 Å². The molecule has 0 amide bonds. The second-order valence-corrected chi connectivity index (χ2v) is 4.56. The quantitative estimate of drug-likeness (QED) is 0.689. The second-order valence-electron chi connectivity index (χ2n) is 4.56. The summed E-state index contributed by atoms with van der Waals surface area (Å²) in [6.45, 7) is 10.6. The Morgan fingerprint density at radius 2 is 1.95 bits per heavy atom. The molecule has 0 saturated heterocycles. The fraction of sp³-hybridized carbons (Fsp3) is 0.769. The molecule has 0 spiro atoms. The lowest BCUT2D eigenvalue weighted by Gasteiger charge is -2.18. The maximum atomic E-state index is 5.56. The third-order valence-corrected chi connectivity index (χ3v) is 2.40. The molecule has 1 aromatic heterocycles. The van der Waals surface area contributed by atoms with Gasteiger partial charge in [-0.2, -0.15) is 15.0 Å². The van der Waals surface area contributed by atoms with Crippen LogP contribution in [0.5, 0.6) is 6.01 Å². The third-order valence-electron chi connectivity index (χ3n) is 2.40. The first-order chi connectivity index (χ1) is 9.56. The minimum absolute atomic E-state index is 0.0217.